The number of ether oxygens (including phenoxy) is 1. The second-order valence-corrected chi connectivity index (χ2v) is 36.1. The van der Waals surface area contributed by atoms with Crippen molar-refractivity contribution in [3.05, 3.63) is 114 Å². The molecule has 742 valence electrons. The van der Waals surface area contributed by atoms with Gasteiger partial charge in [-0.25, -0.2) is 0 Å². The Balaban J connectivity index is 1.11. The lowest BCUT2D eigenvalue weighted by atomic mass is 9.91. The first-order valence-corrected chi connectivity index (χ1v) is 47.2. The van der Waals surface area contributed by atoms with Gasteiger partial charge in [-0.05, 0) is 111 Å². The van der Waals surface area contributed by atoms with Crippen LogP contribution in [0.1, 0.15) is 166 Å². The third kappa shape index (κ3) is 30.0. The molecule has 5 aromatic rings. The van der Waals surface area contributed by atoms with Gasteiger partial charge in [0.25, 0.3) is 0 Å². The smallest absolute Gasteiger partial charge is 0.304 e. The number of benzene rings is 3. The minimum atomic E-state index is -1.85. The standard InChI is InChI=1S/C94H126N18O24S/c1-8-10-21-72-87(128)101-64(28-32-80(118)119)85(126)107-71(76(114)30-31-78(96)116)50-137-51-79(117)100-69(39-53-24-26-59(136-7)27-25-53)90(131)108(4)52(3)83(124)102-66(34-36-95)92(133)111-38-16-23-73(111)88(129)105-68(40-54-35-37-97-46-54)86(127)103-65(29-33-81(120)121)93(134)112-49-58(113)45-75(112)89(130)104-67(41-56-47-98-62-19-14-12-17-60(56)62)77(115)43-55(44-82(122)123)84(125)106-70(42-57-48-99-63-20-15-13-18-61(57)63)91(132)110(6)74(22-11-9-2)94(135)109(72)5/h12-15,17-20,24-27,37,46-48,52,55,58,64-75,98-99,113H,8-11,16,21-23,28-36,38-45,49-51,95H2,1-7H3,(H2,96,116)(H,100,117)(H,101,128)(H,102,124)(H,103,127)(H,104,130)(H,105,129)(H,106,125)(H,107,126)(H,118,119)(H,120,121)(H,122,123)/t52-,55-,58+,64-,65-,66-,67-,68-,69-,70-,71-,72-,73-,74-,75-/m0/s1. The Kier molecular flexibility index (Phi) is 40.3. The summed E-state index contributed by atoms with van der Waals surface area (Å²) in [6.45, 7) is 4.09. The molecule has 0 aliphatic carbocycles. The summed E-state index contributed by atoms with van der Waals surface area (Å²) in [5.41, 5.74) is 14.6. The van der Waals surface area contributed by atoms with Gasteiger partial charge in [-0.15, -0.1) is 11.8 Å². The first-order valence-electron chi connectivity index (χ1n) is 46.0. The summed E-state index contributed by atoms with van der Waals surface area (Å²) in [5, 5.41) is 64.7. The number of para-hydroxylation sites is 2. The van der Waals surface area contributed by atoms with Gasteiger partial charge in [-0.3, -0.25) is 96.1 Å². The fraction of sp³-hybridized carbons (Fsp3) is 0.532. The number of unbranched alkanes of at least 4 members (excludes halogenated alkanes) is 2. The quantitative estimate of drug-likeness (QED) is 0.0316. The molecule has 3 saturated heterocycles. The molecular weight excluding hydrogens is 1800 g/mol. The number of thioether (sulfide) groups is 1. The number of carbonyl (C=O) groups excluding carboxylic acids is 16. The Morgan fingerprint density at radius 3 is 1.67 bits per heavy atom. The number of aliphatic carboxylic acids is 3. The van der Waals surface area contributed by atoms with Crippen molar-refractivity contribution in [3.63, 3.8) is 0 Å². The molecule has 0 saturated carbocycles. The number of nitrogens with two attached hydrogens (primary N) is 2. The van der Waals surface area contributed by atoms with Crippen molar-refractivity contribution < 1.29 is 116 Å². The van der Waals surface area contributed by atoms with E-state index in [0.717, 1.165) is 31.4 Å². The predicted molar refractivity (Wildman–Crippen MR) is 501 cm³/mol. The van der Waals surface area contributed by atoms with Crippen LogP contribution in [0.15, 0.2) is 102 Å². The van der Waals surface area contributed by atoms with E-state index in [1.54, 1.807) is 99.0 Å². The second-order valence-electron chi connectivity index (χ2n) is 35.0. The number of ketones is 2. The average molecular weight is 1920 g/mol. The molecule has 137 heavy (non-hydrogen) atoms. The minimum absolute atomic E-state index is 0.0151. The van der Waals surface area contributed by atoms with Gasteiger partial charge in [0.2, 0.25) is 82.7 Å². The maximum atomic E-state index is 15.8. The van der Waals surface area contributed by atoms with E-state index in [9.17, 15) is 73.2 Å². The van der Waals surface area contributed by atoms with Crippen molar-refractivity contribution in [3.8, 4) is 5.75 Å². The summed E-state index contributed by atoms with van der Waals surface area (Å²) in [7, 11) is 5.27. The number of carbonyl (C=O) groups is 19. The number of aromatic nitrogens is 2. The highest BCUT2D eigenvalue weighted by molar-refractivity contribution is 8.00. The average Bonchev–Trinajstić information content (AvgIpc) is 1.76. The monoisotopic (exact) mass is 1920 g/mol. The number of aliphatic hydroxyl groups is 1. The van der Waals surface area contributed by atoms with Crippen LogP contribution < -0.4 is 58.7 Å². The van der Waals surface area contributed by atoms with Crippen molar-refractivity contribution in [2.45, 2.75) is 253 Å². The molecule has 2 aromatic heterocycles. The van der Waals surface area contributed by atoms with Crippen molar-refractivity contribution in [1.82, 2.24) is 77.0 Å². The van der Waals surface area contributed by atoms with E-state index in [2.05, 4.69) is 57.5 Å². The highest BCUT2D eigenvalue weighted by Crippen LogP contribution is 2.30. The summed E-state index contributed by atoms with van der Waals surface area (Å²) < 4.78 is 5.35. The van der Waals surface area contributed by atoms with E-state index in [-0.39, 0.29) is 90.1 Å². The third-order valence-electron chi connectivity index (χ3n) is 25.1. The molecule has 6 heterocycles. The number of amides is 14. The number of nitrogens with one attached hydrogen (secondary N) is 10. The van der Waals surface area contributed by atoms with Crippen LogP contribution >= 0.6 is 11.8 Å². The Bertz CT molecular complexity index is 5290. The molecule has 4 aliphatic heterocycles. The van der Waals surface area contributed by atoms with E-state index in [1.807, 2.05) is 0 Å². The number of Topliss-reactive ketones (excluding diaryl/α,β-unsaturated/α-hetero) is 2. The fourth-order valence-electron chi connectivity index (χ4n) is 17.3. The first kappa shape index (κ1) is 107. The highest BCUT2D eigenvalue weighted by atomic mass is 32.2. The Hall–Kier alpha value is -13.5. The van der Waals surface area contributed by atoms with Crippen molar-refractivity contribution in [1.29, 1.82) is 0 Å². The number of aliphatic hydroxyl groups excluding tert-OH is 1. The number of hydrogen-bond acceptors (Lipinski definition) is 24. The maximum Gasteiger partial charge on any atom is 0.304 e. The largest absolute Gasteiger partial charge is 0.497 e. The van der Waals surface area contributed by atoms with Gasteiger partial charge in [-0.2, -0.15) is 0 Å². The summed E-state index contributed by atoms with van der Waals surface area (Å²) in [6, 6.07) is -0.226. The maximum absolute atomic E-state index is 15.8. The zero-order valence-corrected chi connectivity index (χ0v) is 78.7. The van der Waals surface area contributed by atoms with Crippen LogP contribution in [0.2, 0.25) is 0 Å². The number of aromatic amines is 2. The van der Waals surface area contributed by atoms with E-state index in [1.165, 1.54) is 52.5 Å². The molecule has 42 nitrogen and oxygen atoms in total. The van der Waals surface area contributed by atoms with Crippen LogP contribution in [-0.4, -0.2) is 317 Å². The Labute approximate surface area is 795 Å². The number of methoxy groups -OCH3 is 1. The van der Waals surface area contributed by atoms with E-state index < -0.39 is 279 Å². The molecule has 18 N–H and O–H groups in total. The summed E-state index contributed by atoms with van der Waals surface area (Å²) in [6.07, 6.45) is -1.42. The second kappa shape index (κ2) is 51.5. The van der Waals surface area contributed by atoms with Gasteiger partial charge in [0.1, 0.15) is 72.2 Å². The van der Waals surface area contributed by atoms with Gasteiger partial charge in [0, 0.05) is 151 Å². The lowest BCUT2D eigenvalue weighted by Gasteiger charge is -2.36. The molecule has 14 amide bonds. The van der Waals surface area contributed by atoms with E-state index >= 15 is 38.4 Å². The topological polar surface area (TPSA) is 623 Å². The molecule has 43 heteroatoms. The summed E-state index contributed by atoms with van der Waals surface area (Å²) in [5.74, 6) is -21.9. The molecule has 3 fully saturated rings. The molecule has 0 unspecified atom stereocenters. The summed E-state index contributed by atoms with van der Waals surface area (Å²) in [4.78, 5) is 292. The molecule has 0 bridgehead atoms. The van der Waals surface area contributed by atoms with Crippen LogP contribution in [-0.2, 0) is 110 Å². The first-order chi connectivity index (χ1) is 65.3. The number of carboxylic acid groups (broad SMARTS) is 3. The number of primary amides is 1. The van der Waals surface area contributed by atoms with Gasteiger partial charge >= 0.3 is 17.9 Å². The molecule has 9 rings (SSSR count). The number of aliphatic imine (C=N–C) groups is 1. The van der Waals surface area contributed by atoms with Crippen LogP contribution in [0.3, 0.4) is 0 Å². The predicted octanol–water partition coefficient (Wildman–Crippen LogP) is 0.857. The number of nitrogens with zero attached hydrogens (tertiary/aromatic N) is 6. The van der Waals surface area contributed by atoms with E-state index in [4.69, 9.17) is 16.2 Å². The lowest BCUT2D eigenvalue weighted by Crippen LogP contribution is -2.60. The number of H-pyrrole nitrogens is 2. The zero-order valence-electron chi connectivity index (χ0n) is 77.9. The number of likely N-dealkylation sites (N-methyl/N-ethyl adjacent to an activating group) is 3. The SMILES string of the molecule is CCCC[C@H]1C(=O)N(C)[C@@H](CCCC)C(=O)N[C@@H](CCC(=O)O)C(=O)N[C@H](C(=O)CCC(N)=O)CSCC(=O)N[C@@H](Cc2ccc(OC)cc2)C(=O)N(C)[C@@H](C)C(=O)N[C@@H](CCN)C(=O)N2CCC[C@H]2C(=O)N[C@@H](CC2=CN=CC2)C(=O)N[C@@H](CCC(=O)O)C(=O)N2C[C@H](O)C[C@H]2C(=O)N[C@@H](Cc2c[nH]c3ccccc23)C(=O)C[C@@H](CC(=O)O)C(=O)N[C@@H](Cc2c[nH]c3ccccc23)C(=O)N1C. The Morgan fingerprint density at radius 2 is 1.07 bits per heavy atom. The van der Waals surface area contributed by atoms with Crippen LogP contribution in [0.5, 0.6) is 5.75 Å². The lowest BCUT2D eigenvalue weighted by molar-refractivity contribution is -0.150. The van der Waals surface area contributed by atoms with Crippen molar-refractivity contribution in [2.24, 2.45) is 22.4 Å². The van der Waals surface area contributed by atoms with Gasteiger partial charge in [-0.1, -0.05) is 88.1 Å². The highest BCUT2D eigenvalue weighted by Gasteiger charge is 2.47. The van der Waals surface area contributed by atoms with Gasteiger partial charge in [0.15, 0.2) is 11.6 Å². The number of hydrogen-bond donors (Lipinski definition) is 16. The molecule has 0 spiro atoms. The summed E-state index contributed by atoms with van der Waals surface area (Å²) >= 11 is 0.773. The molecule has 4 aliphatic rings. The van der Waals surface area contributed by atoms with E-state index in [0.29, 0.717) is 62.7 Å². The zero-order chi connectivity index (χ0) is 100. The number of carboxylic acids is 3. The molecule has 15 atom stereocenters. The normalized spacial score (nSPS) is 25.0. The fourth-order valence-corrected chi connectivity index (χ4v) is 18.2. The number of rotatable bonds is 29. The third-order valence-corrected chi connectivity index (χ3v) is 26.2. The Morgan fingerprint density at radius 1 is 0.533 bits per heavy atom. The van der Waals surface area contributed by atoms with Gasteiger partial charge < -0.3 is 114 Å². The van der Waals surface area contributed by atoms with Crippen LogP contribution in [0.25, 0.3) is 21.8 Å². The van der Waals surface area contributed by atoms with Crippen molar-refractivity contribution >= 4 is 152 Å². The number of fused-ring (bicyclic) bond motifs is 4. The van der Waals surface area contributed by atoms with Crippen LogP contribution in [0.4, 0.5) is 0 Å². The molecule has 0 radical (unpaired) electrons. The van der Waals surface area contributed by atoms with Crippen molar-refractivity contribution in [2.75, 3.05) is 59.4 Å². The van der Waals surface area contributed by atoms with Gasteiger partial charge in [0.05, 0.1) is 43.4 Å². The molecule has 3 aromatic carbocycles. The minimum Gasteiger partial charge on any atom is -0.497 e. The van der Waals surface area contributed by atoms with Crippen LogP contribution in [0, 0.1) is 5.92 Å². The molecular formula is C94H126N18O24S.